The molecule has 0 radical (unpaired) electrons. The van der Waals surface area contributed by atoms with Crippen LogP contribution in [0, 0.1) is 47.3 Å². The van der Waals surface area contributed by atoms with Gasteiger partial charge in [-0.1, -0.05) is 68.7 Å². The van der Waals surface area contributed by atoms with Crippen LogP contribution in [-0.2, 0) is 6.42 Å². The Hall–Kier alpha value is -1.08. The second-order valence-corrected chi connectivity index (χ2v) is 12.0. The average Bonchev–Trinajstić information content (AvgIpc) is 2.97. The second kappa shape index (κ2) is 7.51. The molecule has 1 heteroatoms. The molecule has 0 amide bonds. The highest BCUT2D eigenvalue weighted by atomic mass is 16.3. The lowest BCUT2D eigenvalue weighted by Gasteiger charge is -2.58. The van der Waals surface area contributed by atoms with E-state index in [2.05, 4.69) is 58.0 Å². The molecule has 3 saturated carbocycles. The number of aliphatic hydroxyl groups excluding tert-OH is 1. The Morgan fingerprint density at radius 3 is 2.77 bits per heavy atom. The number of allylic oxidation sites excluding steroid dienone is 2. The molecule has 0 aliphatic heterocycles. The van der Waals surface area contributed by atoms with Gasteiger partial charge < -0.3 is 5.11 Å². The van der Waals surface area contributed by atoms with Crippen LogP contribution in [-0.4, -0.2) is 11.2 Å². The third kappa shape index (κ3) is 3.14. The molecule has 1 N–H and O–H groups in total. The third-order valence-electron chi connectivity index (χ3n) is 10.4. The summed E-state index contributed by atoms with van der Waals surface area (Å²) in [6.45, 7) is 9.76. The number of hydrogen-bond donors (Lipinski definition) is 1. The van der Waals surface area contributed by atoms with Gasteiger partial charge in [0, 0.05) is 0 Å². The molecule has 0 heterocycles. The molecule has 8 atom stereocenters. The van der Waals surface area contributed by atoms with Gasteiger partial charge in [-0.3, -0.25) is 0 Å². The Morgan fingerprint density at radius 2 is 1.97 bits per heavy atom. The van der Waals surface area contributed by atoms with Crippen LogP contribution in [0.25, 0.3) is 0 Å². The summed E-state index contributed by atoms with van der Waals surface area (Å²) >= 11 is 0. The summed E-state index contributed by atoms with van der Waals surface area (Å²) in [5, 5.41) is 11.4. The van der Waals surface area contributed by atoms with E-state index in [0.717, 1.165) is 24.7 Å². The Morgan fingerprint density at radius 1 is 1.13 bits per heavy atom. The van der Waals surface area contributed by atoms with E-state index < -0.39 is 0 Å². The Balaban J connectivity index is 1.40. The van der Waals surface area contributed by atoms with Gasteiger partial charge in [0.15, 0.2) is 0 Å². The van der Waals surface area contributed by atoms with Crippen molar-refractivity contribution in [3.05, 3.63) is 47.0 Å². The van der Waals surface area contributed by atoms with Crippen molar-refractivity contribution >= 4 is 0 Å². The van der Waals surface area contributed by atoms with Crippen LogP contribution < -0.4 is 0 Å². The van der Waals surface area contributed by atoms with Crippen molar-refractivity contribution in [3.8, 4) is 0 Å². The molecule has 1 nitrogen and oxygen atoms in total. The standard InChI is InChI=1S/C29H42O/c1-19-8-7-9-21(16-19)17-20(2)27-26(30)18-25-23-12-11-22-10-5-6-14-28(22,3)24(23)13-15-29(25,27)4/h7-9,11,16,20,23-27,30H,5-6,10,12-15,17-18H2,1-4H3/t20?,23-,24+,25+,26?,27+,28+,29+/m1/s1. The van der Waals surface area contributed by atoms with E-state index in [1.807, 2.05) is 0 Å². The number of rotatable bonds is 3. The van der Waals surface area contributed by atoms with Gasteiger partial charge in [-0.15, -0.1) is 0 Å². The van der Waals surface area contributed by atoms with Gasteiger partial charge in [-0.25, -0.2) is 0 Å². The maximum absolute atomic E-state index is 11.4. The SMILES string of the molecule is Cc1cccc(CC(C)[C@H]2C(O)C[C@H]3[C@@H]4CC=C5CCCC[C@]5(C)[C@H]4CC[C@]23C)c1. The van der Waals surface area contributed by atoms with Crippen molar-refractivity contribution < 1.29 is 5.11 Å². The van der Waals surface area contributed by atoms with E-state index in [0.29, 0.717) is 28.6 Å². The topological polar surface area (TPSA) is 20.2 Å². The summed E-state index contributed by atoms with van der Waals surface area (Å²) in [5.74, 6) is 3.32. The van der Waals surface area contributed by atoms with Crippen molar-refractivity contribution in [3.63, 3.8) is 0 Å². The molecule has 0 spiro atoms. The Bertz CT molecular complexity index is 823. The van der Waals surface area contributed by atoms with Crippen molar-refractivity contribution in [1.29, 1.82) is 0 Å². The predicted molar refractivity (Wildman–Crippen MR) is 125 cm³/mol. The molecular formula is C29H42O. The molecule has 0 aromatic heterocycles. The van der Waals surface area contributed by atoms with Crippen LogP contribution in [0.1, 0.15) is 83.3 Å². The molecule has 4 aliphatic carbocycles. The van der Waals surface area contributed by atoms with E-state index in [1.165, 1.54) is 56.1 Å². The van der Waals surface area contributed by atoms with E-state index in [-0.39, 0.29) is 6.10 Å². The fraction of sp³-hybridized carbons (Fsp3) is 0.724. The largest absolute Gasteiger partial charge is 0.393 e. The second-order valence-electron chi connectivity index (χ2n) is 12.0. The van der Waals surface area contributed by atoms with Gasteiger partial charge >= 0.3 is 0 Å². The molecular weight excluding hydrogens is 364 g/mol. The molecule has 0 saturated heterocycles. The van der Waals surface area contributed by atoms with E-state index in [9.17, 15) is 5.11 Å². The molecule has 164 valence electrons. The fourth-order valence-electron chi connectivity index (χ4n) is 9.12. The maximum Gasteiger partial charge on any atom is 0.0579 e. The average molecular weight is 407 g/mol. The van der Waals surface area contributed by atoms with Crippen LogP contribution in [0.5, 0.6) is 0 Å². The van der Waals surface area contributed by atoms with Crippen LogP contribution in [0.4, 0.5) is 0 Å². The molecule has 5 rings (SSSR count). The molecule has 0 bridgehead atoms. The summed E-state index contributed by atoms with van der Waals surface area (Å²) in [5.41, 5.74) is 5.34. The number of aliphatic hydroxyl groups is 1. The zero-order chi connectivity index (χ0) is 21.1. The van der Waals surface area contributed by atoms with Crippen molar-refractivity contribution in [2.45, 2.75) is 91.6 Å². The van der Waals surface area contributed by atoms with Gasteiger partial charge in [0.25, 0.3) is 0 Å². The normalized spacial score (nSPS) is 43.9. The number of fused-ring (bicyclic) bond motifs is 5. The summed E-state index contributed by atoms with van der Waals surface area (Å²) in [6, 6.07) is 8.99. The van der Waals surface area contributed by atoms with Gasteiger partial charge in [0.2, 0.25) is 0 Å². The number of aryl methyl sites for hydroxylation is 1. The van der Waals surface area contributed by atoms with Crippen LogP contribution in [0.15, 0.2) is 35.9 Å². The Labute approximate surface area is 184 Å². The Kier molecular flexibility index (Phi) is 5.20. The fourth-order valence-corrected chi connectivity index (χ4v) is 9.12. The number of hydrogen-bond acceptors (Lipinski definition) is 1. The van der Waals surface area contributed by atoms with Crippen molar-refractivity contribution in [1.82, 2.24) is 0 Å². The highest BCUT2D eigenvalue weighted by molar-refractivity contribution is 5.26. The smallest absolute Gasteiger partial charge is 0.0579 e. The third-order valence-corrected chi connectivity index (χ3v) is 10.4. The minimum Gasteiger partial charge on any atom is -0.393 e. The first kappa shape index (κ1) is 20.8. The molecule has 4 aliphatic rings. The highest BCUT2D eigenvalue weighted by Gasteiger charge is 2.61. The summed E-state index contributed by atoms with van der Waals surface area (Å²) in [4.78, 5) is 0. The minimum absolute atomic E-state index is 0.122. The molecule has 1 aromatic carbocycles. The predicted octanol–water partition coefficient (Wildman–Crippen LogP) is 7.11. The first-order valence-electron chi connectivity index (χ1n) is 12.8. The first-order valence-corrected chi connectivity index (χ1v) is 12.8. The van der Waals surface area contributed by atoms with Gasteiger partial charge in [0.1, 0.15) is 0 Å². The highest BCUT2D eigenvalue weighted by Crippen LogP contribution is 2.67. The summed E-state index contributed by atoms with van der Waals surface area (Å²) in [7, 11) is 0. The zero-order valence-electron chi connectivity index (χ0n) is 19.7. The number of benzene rings is 1. The van der Waals surface area contributed by atoms with Crippen molar-refractivity contribution in [2.75, 3.05) is 0 Å². The van der Waals surface area contributed by atoms with Gasteiger partial charge in [-0.2, -0.15) is 0 Å². The minimum atomic E-state index is -0.122. The monoisotopic (exact) mass is 406 g/mol. The van der Waals surface area contributed by atoms with Gasteiger partial charge in [-0.05, 0) is 104 Å². The molecule has 2 unspecified atom stereocenters. The lowest BCUT2D eigenvalue weighted by Crippen LogP contribution is -2.50. The van der Waals surface area contributed by atoms with Gasteiger partial charge in [0.05, 0.1) is 6.10 Å². The quantitative estimate of drug-likeness (QED) is 0.530. The summed E-state index contributed by atoms with van der Waals surface area (Å²) < 4.78 is 0. The zero-order valence-corrected chi connectivity index (χ0v) is 19.7. The molecule has 3 fully saturated rings. The van der Waals surface area contributed by atoms with E-state index in [4.69, 9.17) is 0 Å². The molecule has 1 aromatic rings. The van der Waals surface area contributed by atoms with Crippen LogP contribution in [0.2, 0.25) is 0 Å². The lowest BCUT2D eigenvalue weighted by atomic mass is 9.47. The molecule has 30 heavy (non-hydrogen) atoms. The first-order chi connectivity index (χ1) is 14.3. The van der Waals surface area contributed by atoms with Crippen LogP contribution in [0.3, 0.4) is 0 Å². The van der Waals surface area contributed by atoms with Crippen molar-refractivity contribution in [2.24, 2.45) is 40.4 Å². The summed E-state index contributed by atoms with van der Waals surface area (Å²) in [6.07, 6.45) is 14.2. The maximum atomic E-state index is 11.4. The lowest BCUT2D eigenvalue weighted by molar-refractivity contribution is -0.0548. The van der Waals surface area contributed by atoms with E-state index in [1.54, 1.807) is 5.57 Å². The van der Waals surface area contributed by atoms with Crippen LogP contribution >= 0.6 is 0 Å². The van der Waals surface area contributed by atoms with E-state index >= 15 is 0 Å².